The van der Waals surface area contributed by atoms with Crippen LogP contribution in [0.15, 0.2) is 78.9 Å². The normalized spacial score (nSPS) is 11.4. The average molecular weight is 434 g/mol. The number of esters is 1. The lowest BCUT2D eigenvalue weighted by atomic mass is 10.1. The Morgan fingerprint density at radius 1 is 0.939 bits per heavy atom. The largest absolute Gasteiger partial charge is 0.457 e. The first-order valence-electron chi connectivity index (χ1n) is 10.4. The molecule has 0 fully saturated rings. The number of aromatic amines is 1. The highest BCUT2D eigenvalue weighted by molar-refractivity contribution is 6.17. The smallest absolute Gasteiger partial charge is 0.339 e. The van der Waals surface area contributed by atoms with E-state index in [0.29, 0.717) is 28.2 Å². The number of hydrogen-bond acceptors (Lipinski definition) is 6. The Bertz CT molecular complexity index is 1650. The number of anilines is 1. The summed E-state index contributed by atoms with van der Waals surface area (Å²) in [7, 11) is 0. The molecule has 0 aliphatic rings. The van der Waals surface area contributed by atoms with E-state index in [0.717, 1.165) is 27.4 Å². The number of carbonyl (C=O) groups excluding carboxylic acids is 1. The van der Waals surface area contributed by atoms with Crippen LogP contribution in [0.2, 0.25) is 0 Å². The summed E-state index contributed by atoms with van der Waals surface area (Å²) in [5.74, 6) is 0.511. The molecule has 3 N–H and O–H groups in total. The molecule has 0 spiro atoms. The lowest BCUT2D eigenvalue weighted by Gasteiger charge is -2.08. The fourth-order valence-corrected chi connectivity index (χ4v) is 4.18. The van der Waals surface area contributed by atoms with Gasteiger partial charge >= 0.3 is 5.97 Å². The van der Waals surface area contributed by atoms with E-state index in [-0.39, 0.29) is 12.6 Å². The van der Waals surface area contributed by atoms with E-state index in [1.54, 1.807) is 6.07 Å². The summed E-state index contributed by atoms with van der Waals surface area (Å²) in [5.41, 5.74) is 10.2. The average Bonchev–Trinajstić information content (AvgIpc) is 3.40. The van der Waals surface area contributed by atoms with Crippen LogP contribution in [0.3, 0.4) is 0 Å². The van der Waals surface area contributed by atoms with E-state index < -0.39 is 0 Å². The predicted octanol–water partition coefficient (Wildman–Crippen LogP) is 4.39. The number of H-pyrrole nitrogens is 1. The van der Waals surface area contributed by atoms with Crippen LogP contribution in [0.25, 0.3) is 38.7 Å². The van der Waals surface area contributed by atoms with Crippen molar-refractivity contribution in [3.63, 3.8) is 0 Å². The zero-order valence-electron chi connectivity index (χ0n) is 17.4. The van der Waals surface area contributed by atoms with Gasteiger partial charge in [-0.15, -0.1) is 10.2 Å². The molecule has 0 aliphatic heterocycles. The van der Waals surface area contributed by atoms with Gasteiger partial charge in [0.25, 0.3) is 0 Å². The molecule has 6 aromatic rings. The van der Waals surface area contributed by atoms with Gasteiger partial charge in [0.05, 0.1) is 22.1 Å². The Morgan fingerprint density at radius 2 is 1.73 bits per heavy atom. The minimum atomic E-state index is -0.379. The lowest BCUT2D eigenvalue weighted by Crippen LogP contribution is -2.06. The summed E-state index contributed by atoms with van der Waals surface area (Å²) in [6.07, 6.45) is 0. The molecule has 0 atom stereocenters. The molecular formula is C25H18N6O2. The highest BCUT2D eigenvalue weighted by atomic mass is 16.5. The van der Waals surface area contributed by atoms with E-state index >= 15 is 0 Å². The van der Waals surface area contributed by atoms with Gasteiger partial charge in [-0.3, -0.25) is 9.67 Å². The summed E-state index contributed by atoms with van der Waals surface area (Å²) < 4.78 is 7.62. The lowest BCUT2D eigenvalue weighted by molar-refractivity contribution is 0.0475. The number of aromatic nitrogens is 5. The van der Waals surface area contributed by atoms with E-state index in [4.69, 9.17) is 10.5 Å². The van der Waals surface area contributed by atoms with E-state index in [1.165, 1.54) is 0 Å². The van der Waals surface area contributed by atoms with Crippen molar-refractivity contribution in [1.29, 1.82) is 0 Å². The quantitative estimate of drug-likeness (QED) is 0.398. The third-order valence-electron chi connectivity index (χ3n) is 5.68. The Morgan fingerprint density at radius 3 is 2.61 bits per heavy atom. The summed E-state index contributed by atoms with van der Waals surface area (Å²) in [6.45, 7) is 0.206. The maximum Gasteiger partial charge on any atom is 0.339 e. The van der Waals surface area contributed by atoms with Gasteiger partial charge in [-0.2, -0.15) is 5.10 Å². The van der Waals surface area contributed by atoms with Gasteiger partial charge in [-0.05, 0) is 23.8 Å². The van der Waals surface area contributed by atoms with Gasteiger partial charge < -0.3 is 10.5 Å². The number of hydrogen-bond donors (Lipinski definition) is 2. The zero-order valence-corrected chi connectivity index (χ0v) is 17.4. The Kier molecular flexibility index (Phi) is 4.29. The summed E-state index contributed by atoms with van der Waals surface area (Å²) in [4.78, 5) is 13.1. The maximum atomic E-state index is 13.1. The maximum absolute atomic E-state index is 13.1. The molecule has 6 rings (SSSR count). The number of rotatable bonds is 4. The third kappa shape index (κ3) is 3.08. The van der Waals surface area contributed by atoms with Crippen molar-refractivity contribution in [1.82, 2.24) is 25.0 Å². The molecule has 0 saturated heterocycles. The Balaban J connectivity index is 1.51. The van der Waals surface area contributed by atoms with Crippen molar-refractivity contribution in [2.24, 2.45) is 0 Å². The first-order valence-corrected chi connectivity index (χ1v) is 10.4. The monoisotopic (exact) mass is 434 g/mol. The third-order valence-corrected chi connectivity index (χ3v) is 5.68. The van der Waals surface area contributed by atoms with Gasteiger partial charge in [0.15, 0.2) is 17.2 Å². The number of para-hydroxylation sites is 1. The molecule has 33 heavy (non-hydrogen) atoms. The van der Waals surface area contributed by atoms with Crippen LogP contribution in [0.5, 0.6) is 0 Å². The minimum absolute atomic E-state index is 0.206. The predicted molar refractivity (Wildman–Crippen MR) is 126 cm³/mol. The highest BCUT2D eigenvalue weighted by Gasteiger charge is 2.20. The number of ether oxygens (including phenoxy) is 1. The number of fused-ring (bicyclic) bond motifs is 4. The molecular weight excluding hydrogens is 416 g/mol. The molecule has 8 heteroatoms. The van der Waals surface area contributed by atoms with Crippen molar-refractivity contribution in [3.8, 4) is 5.82 Å². The van der Waals surface area contributed by atoms with Crippen LogP contribution in [0.1, 0.15) is 15.9 Å². The fraction of sp³-hybridized carbons (Fsp3) is 0.0400. The molecule has 0 bridgehead atoms. The molecule has 8 nitrogen and oxygen atoms in total. The second kappa shape index (κ2) is 7.45. The topological polar surface area (TPSA) is 112 Å². The molecule has 0 aliphatic carbocycles. The van der Waals surface area contributed by atoms with Crippen LogP contribution in [0.4, 0.5) is 5.82 Å². The van der Waals surface area contributed by atoms with Gasteiger partial charge in [0.2, 0.25) is 0 Å². The molecule has 0 saturated carbocycles. The van der Waals surface area contributed by atoms with E-state index in [9.17, 15) is 4.79 Å². The molecule has 0 unspecified atom stereocenters. The standard InChI is InChI=1S/C25H18N6O2/c26-24-23-18(27-30-24)13-21(28-29-23)31-19-11-5-4-9-16(19)22-17(10-6-12-20(22)31)25(32)33-14-15-7-2-1-3-8-15/h1-13H,14H2,(H3,26,27,30). The Hall–Kier alpha value is -4.72. The molecule has 160 valence electrons. The SMILES string of the molecule is Nc1n[nH]c2cc(-n3c4ccccc4c4c(C(=O)OCc5ccccc5)cccc43)nnc12. The minimum Gasteiger partial charge on any atom is -0.457 e. The fourth-order valence-electron chi connectivity index (χ4n) is 4.18. The zero-order chi connectivity index (χ0) is 22.4. The van der Waals surface area contributed by atoms with Crippen LogP contribution >= 0.6 is 0 Å². The highest BCUT2D eigenvalue weighted by Crippen LogP contribution is 2.34. The van der Waals surface area contributed by atoms with E-state index in [1.807, 2.05) is 77.4 Å². The summed E-state index contributed by atoms with van der Waals surface area (Å²) in [5, 5.41) is 17.3. The van der Waals surface area contributed by atoms with Gasteiger partial charge in [0.1, 0.15) is 6.61 Å². The number of nitrogens with two attached hydrogens (primary N) is 1. The van der Waals surface area contributed by atoms with Crippen LogP contribution in [-0.2, 0) is 11.3 Å². The van der Waals surface area contributed by atoms with Gasteiger partial charge in [-0.25, -0.2) is 4.79 Å². The molecule has 3 aromatic carbocycles. The number of nitrogens with zero attached hydrogens (tertiary/aromatic N) is 4. The second-order valence-electron chi connectivity index (χ2n) is 7.69. The van der Waals surface area contributed by atoms with Gasteiger partial charge in [0, 0.05) is 16.8 Å². The number of benzene rings is 3. The van der Waals surface area contributed by atoms with Crippen LogP contribution in [-0.4, -0.2) is 30.9 Å². The van der Waals surface area contributed by atoms with Crippen molar-refractivity contribution in [3.05, 3.63) is 90.0 Å². The van der Waals surface area contributed by atoms with Crippen molar-refractivity contribution >= 4 is 44.6 Å². The van der Waals surface area contributed by atoms with Crippen LogP contribution in [0, 0.1) is 0 Å². The molecule has 0 amide bonds. The van der Waals surface area contributed by atoms with Crippen molar-refractivity contribution in [2.75, 3.05) is 5.73 Å². The van der Waals surface area contributed by atoms with Gasteiger partial charge in [-0.1, -0.05) is 54.6 Å². The van der Waals surface area contributed by atoms with Crippen molar-refractivity contribution < 1.29 is 9.53 Å². The van der Waals surface area contributed by atoms with Crippen molar-refractivity contribution in [2.45, 2.75) is 6.61 Å². The summed E-state index contributed by atoms with van der Waals surface area (Å²) >= 11 is 0. The Labute approximate surface area is 187 Å². The van der Waals surface area contributed by atoms with E-state index in [2.05, 4.69) is 20.4 Å². The second-order valence-corrected chi connectivity index (χ2v) is 7.69. The first kappa shape index (κ1) is 19.0. The van der Waals surface area contributed by atoms with Crippen LogP contribution < -0.4 is 5.73 Å². The number of nitrogen functional groups attached to an aromatic ring is 1. The number of nitrogens with one attached hydrogen (secondary N) is 1. The molecule has 3 heterocycles. The number of carbonyl (C=O) groups is 1. The molecule has 0 radical (unpaired) electrons. The molecule has 3 aromatic heterocycles. The first-order chi connectivity index (χ1) is 16.2. The summed E-state index contributed by atoms with van der Waals surface area (Å²) in [6, 6.07) is 24.9.